The number of hydrogen-bond donors (Lipinski definition) is 2. The van der Waals surface area contributed by atoms with Crippen LogP contribution in [0, 0.1) is 0 Å². The van der Waals surface area contributed by atoms with E-state index in [9.17, 15) is 14.4 Å². The molecule has 0 heterocycles. The van der Waals surface area contributed by atoms with Gasteiger partial charge in [0.25, 0.3) is 11.8 Å². The molecule has 0 aliphatic rings. The molecule has 0 unspecified atom stereocenters. The Kier molecular flexibility index (Phi) is 6.28. The van der Waals surface area contributed by atoms with Crippen LogP contribution in [0.3, 0.4) is 0 Å². The summed E-state index contributed by atoms with van der Waals surface area (Å²) in [7, 11) is 1.30. The molecule has 2 aromatic rings. The van der Waals surface area contributed by atoms with Gasteiger partial charge < -0.3 is 15.4 Å². The Hall–Kier alpha value is -3.15. The average molecular weight is 340 g/mol. The van der Waals surface area contributed by atoms with Gasteiger partial charge in [-0.1, -0.05) is 6.92 Å². The summed E-state index contributed by atoms with van der Waals surface area (Å²) in [5.74, 6) is -0.901. The Morgan fingerprint density at radius 1 is 0.840 bits per heavy atom. The van der Waals surface area contributed by atoms with Crippen molar-refractivity contribution in [2.45, 2.75) is 13.3 Å². The molecule has 2 N–H and O–H groups in total. The van der Waals surface area contributed by atoms with E-state index in [1.807, 2.05) is 6.92 Å². The lowest BCUT2D eigenvalue weighted by molar-refractivity contribution is 0.0600. The van der Waals surface area contributed by atoms with Gasteiger partial charge in [0.05, 0.1) is 12.7 Å². The zero-order valence-electron chi connectivity index (χ0n) is 14.2. The number of carbonyl (C=O) groups excluding carboxylic acids is 3. The summed E-state index contributed by atoms with van der Waals surface area (Å²) < 4.78 is 4.62. The van der Waals surface area contributed by atoms with Gasteiger partial charge in [-0.25, -0.2) is 4.79 Å². The van der Waals surface area contributed by atoms with Crippen LogP contribution in [-0.4, -0.2) is 31.4 Å². The minimum Gasteiger partial charge on any atom is -0.465 e. The van der Waals surface area contributed by atoms with Crippen molar-refractivity contribution in [2.75, 3.05) is 19.0 Å². The second-order valence-electron chi connectivity index (χ2n) is 5.36. The minimum absolute atomic E-state index is 0.141. The highest BCUT2D eigenvalue weighted by atomic mass is 16.5. The van der Waals surface area contributed by atoms with Crippen molar-refractivity contribution in [3.63, 3.8) is 0 Å². The van der Waals surface area contributed by atoms with Gasteiger partial charge in [0.1, 0.15) is 0 Å². The van der Waals surface area contributed by atoms with Crippen LogP contribution >= 0.6 is 0 Å². The fourth-order valence-electron chi connectivity index (χ4n) is 2.12. The lowest BCUT2D eigenvalue weighted by Crippen LogP contribution is -2.23. The molecular weight excluding hydrogens is 320 g/mol. The fraction of sp³-hybridized carbons (Fsp3) is 0.211. The largest absolute Gasteiger partial charge is 0.465 e. The number of amides is 2. The number of rotatable bonds is 6. The number of anilines is 1. The fourth-order valence-corrected chi connectivity index (χ4v) is 2.12. The number of nitrogens with one attached hydrogen (secondary N) is 2. The van der Waals surface area contributed by atoms with E-state index >= 15 is 0 Å². The van der Waals surface area contributed by atoms with E-state index < -0.39 is 5.97 Å². The predicted molar refractivity (Wildman–Crippen MR) is 94.8 cm³/mol. The number of hydrogen-bond acceptors (Lipinski definition) is 4. The third-order valence-electron chi connectivity index (χ3n) is 3.51. The molecule has 0 fully saturated rings. The van der Waals surface area contributed by atoms with Gasteiger partial charge in [0, 0.05) is 23.4 Å². The van der Waals surface area contributed by atoms with Gasteiger partial charge in [0.15, 0.2) is 0 Å². The van der Waals surface area contributed by atoms with Crippen LogP contribution in [0.25, 0.3) is 0 Å². The van der Waals surface area contributed by atoms with Gasteiger partial charge in [-0.15, -0.1) is 0 Å². The summed E-state index contributed by atoms with van der Waals surface area (Å²) in [4.78, 5) is 35.4. The summed E-state index contributed by atoms with van der Waals surface area (Å²) in [6.07, 6.45) is 0.870. The number of ether oxygens (including phenoxy) is 1. The minimum atomic E-state index is -0.455. The maximum atomic E-state index is 12.2. The van der Waals surface area contributed by atoms with Gasteiger partial charge in [-0.05, 0) is 55.0 Å². The monoisotopic (exact) mass is 340 g/mol. The van der Waals surface area contributed by atoms with Crippen molar-refractivity contribution < 1.29 is 19.1 Å². The van der Waals surface area contributed by atoms with Gasteiger partial charge in [-0.3, -0.25) is 9.59 Å². The highest BCUT2D eigenvalue weighted by Gasteiger charge is 2.10. The van der Waals surface area contributed by atoms with Crippen LogP contribution in [0.4, 0.5) is 5.69 Å². The molecule has 0 aliphatic heterocycles. The van der Waals surface area contributed by atoms with E-state index in [2.05, 4.69) is 15.4 Å². The summed E-state index contributed by atoms with van der Waals surface area (Å²) >= 11 is 0. The Morgan fingerprint density at radius 2 is 1.36 bits per heavy atom. The van der Waals surface area contributed by atoms with Gasteiger partial charge >= 0.3 is 5.97 Å². The molecule has 6 nitrogen and oxygen atoms in total. The summed E-state index contributed by atoms with van der Waals surface area (Å²) in [5.41, 5.74) is 1.90. The summed E-state index contributed by atoms with van der Waals surface area (Å²) in [6, 6.07) is 12.8. The number of esters is 1. The predicted octanol–water partition coefficient (Wildman–Crippen LogP) is 2.87. The molecule has 0 saturated heterocycles. The first-order valence-corrected chi connectivity index (χ1v) is 7.93. The zero-order chi connectivity index (χ0) is 18.2. The Bertz CT molecular complexity index is 752. The van der Waals surface area contributed by atoms with E-state index in [0.29, 0.717) is 28.9 Å². The quantitative estimate of drug-likeness (QED) is 0.792. The molecule has 0 spiro atoms. The topological polar surface area (TPSA) is 84.5 Å². The molecule has 0 aromatic heterocycles. The van der Waals surface area contributed by atoms with Crippen LogP contribution in [0.15, 0.2) is 48.5 Å². The number of benzene rings is 2. The van der Waals surface area contributed by atoms with Crippen molar-refractivity contribution in [3.05, 3.63) is 65.2 Å². The molecule has 6 heteroatoms. The first-order valence-electron chi connectivity index (χ1n) is 7.93. The Labute approximate surface area is 146 Å². The van der Waals surface area contributed by atoms with Crippen LogP contribution in [-0.2, 0) is 4.74 Å². The van der Waals surface area contributed by atoms with Crippen LogP contribution in [0.1, 0.15) is 44.4 Å². The molecule has 2 amide bonds. The van der Waals surface area contributed by atoms with Crippen molar-refractivity contribution in [1.82, 2.24) is 5.32 Å². The van der Waals surface area contributed by atoms with E-state index in [1.54, 1.807) is 36.4 Å². The lowest BCUT2D eigenvalue weighted by atomic mass is 10.1. The number of carbonyl (C=O) groups is 3. The Morgan fingerprint density at radius 3 is 1.92 bits per heavy atom. The highest BCUT2D eigenvalue weighted by molar-refractivity contribution is 6.05. The summed E-state index contributed by atoms with van der Waals surface area (Å²) in [5, 5.41) is 5.53. The SMILES string of the molecule is CCCNC(=O)c1ccc(NC(=O)c2ccc(C(=O)OC)cc2)cc1. The molecule has 0 bridgehead atoms. The first-order chi connectivity index (χ1) is 12.0. The maximum absolute atomic E-state index is 12.2. The van der Waals surface area contributed by atoms with Gasteiger partial charge in [-0.2, -0.15) is 0 Å². The molecule has 0 aliphatic carbocycles. The third-order valence-corrected chi connectivity index (χ3v) is 3.51. The van der Waals surface area contributed by atoms with E-state index in [1.165, 1.54) is 19.2 Å². The third kappa shape index (κ3) is 4.91. The van der Waals surface area contributed by atoms with E-state index in [-0.39, 0.29) is 11.8 Å². The van der Waals surface area contributed by atoms with Crippen molar-refractivity contribution in [3.8, 4) is 0 Å². The smallest absolute Gasteiger partial charge is 0.337 e. The number of methoxy groups -OCH3 is 1. The standard InChI is InChI=1S/C19H20N2O4/c1-3-12-20-17(22)13-8-10-16(11-9-13)21-18(23)14-4-6-15(7-5-14)19(24)25-2/h4-11H,3,12H2,1-2H3,(H,20,22)(H,21,23). The van der Waals surface area contributed by atoms with Crippen molar-refractivity contribution in [1.29, 1.82) is 0 Å². The van der Waals surface area contributed by atoms with Gasteiger partial charge in [0.2, 0.25) is 0 Å². The molecule has 130 valence electrons. The highest BCUT2D eigenvalue weighted by Crippen LogP contribution is 2.12. The molecule has 0 radical (unpaired) electrons. The molecule has 25 heavy (non-hydrogen) atoms. The molecule has 2 aromatic carbocycles. The second kappa shape index (κ2) is 8.63. The maximum Gasteiger partial charge on any atom is 0.337 e. The van der Waals surface area contributed by atoms with Crippen molar-refractivity contribution >= 4 is 23.5 Å². The second-order valence-corrected chi connectivity index (χ2v) is 5.36. The average Bonchev–Trinajstić information content (AvgIpc) is 2.66. The Balaban J connectivity index is 2.00. The molecule has 2 rings (SSSR count). The van der Waals surface area contributed by atoms with Crippen LogP contribution in [0.2, 0.25) is 0 Å². The van der Waals surface area contributed by atoms with E-state index in [0.717, 1.165) is 6.42 Å². The van der Waals surface area contributed by atoms with E-state index in [4.69, 9.17) is 0 Å². The van der Waals surface area contributed by atoms with Crippen molar-refractivity contribution in [2.24, 2.45) is 0 Å². The molecule has 0 saturated carbocycles. The first kappa shape index (κ1) is 18.2. The lowest BCUT2D eigenvalue weighted by Gasteiger charge is -2.07. The normalized spacial score (nSPS) is 10.0. The summed E-state index contributed by atoms with van der Waals surface area (Å²) in [6.45, 7) is 2.61. The molecular formula is C19H20N2O4. The van der Waals surface area contributed by atoms with Crippen LogP contribution in [0.5, 0.6) is 0 Å². The molecule has 0 atom stereocenters. The zero-order valence-corrected chi connectivity index (χ0v) is 14.2. The van der Waals surface area contributed by atoms with Crippen LogP contribution < -0.4 is 10.6 Å².